The molecule has 0 heterocycles. The summed E-state index contributed by atoms with van der Waals surface area (Å²) in [4.78, 5) is 0. The predicted molar refractivity (Wildman–Crippen MR) is 59.5 cm³/mol. The van der Waals surface area contributed by atoms with Crippen LogP contribution < -0.4 is 0 Å². The van der Waals surface area contributed by atoms with E-state index in [4.69, 9.17) is 0 Å². The van der Waals surface area contributed by atoms with E-state index in [1.54, 1.807) is 0 Å². The summed E-state index contributed by atoms with van der Waals surface area (Å²) in [7, 11) is 0. The fraction of sp³-hybridized carbons (Fsp3) is 0.231. The molecule has 0 aliphatic carbocycles. The van der Waals surface area contributed by atoms with Crippen molar-refractivity contribution in [2.24, 2.45) is 0 Å². The molecule has 0 unspecified atom stereocenters. The molecule has 0 aromatic heterocycles. The van der Waals surface area contributed by atoms with Crippen LogP contribution in [-0.4, -0.2) is 0 Å². The molecule has 0 heteroatoms. The Labute approximate surface area is 80.6 Å². The lowest BCUT2D eigenvalue weighted by atomic mass is 10.0. The maximum atomic E-state index is 2.25. The Bertz CT molecular complexity index is 291. The van der Waals surface area contributed by atoms with E-state index in [0.717, 1.165) is 6.42 Å². The first-order valence-corrected chi connectivity index (χ1v) is 4.76. The van der Waals surface area contributed by atoms with Crippen LogP contribution in [0.4, 0.5) is 0 Å². The summed E-state index contributed by atoms with van der Waals surface area (Å²) in [6, 6.07) is 10.5. The zero-order valence-corrected chi connectivity index (χ0v) is 8.33. The molecule has 13 heavy (non-hydrogen) atoms. The van der Waals surface area contributed by atoms with Crippen LogP contribution in [0.2, 0.25) is 0 Å². The molecule has 0 nitrogen and oxygen atoms in total. The molecule has 0 saturated heterocycles. The number of hydrogen-bond acceptors (Lipinski definition) is 0. The highest BCUT2D eigenvalue weighted by atomic mass is 14.0. The van der Waals surface area contributed by atoms with Crippen molar-refractivity contribution in [3.8, 4) is 0 Å². The highest BCUT2D eigenvalue weighted by Crippen LogP contribution is 2.15. The predicted octanol–water partition coefficient (Wildman–Crippen LogP) is 4.06. The molecule has 68 valence electrons. The average Bonchev–Trinajstić information content (AvgIpc) is 2.19. The van der Waals surface area contributed by atoms with Crippen LogP contribution in [0.5, 0.6) is 0 Å². The summed E-state index contributed by atoms with van der Waals surface area (Å²) in [6.45, 7) is 4.21. The Morgan fingerprint density at radius 2 is 1.92 bits per heavy atom. The van der Waals surface area contributed by atoms with Gasteiger partial charge < -0.3 is 0 Å². The van der Waals surface area contributed by atoms with E-state index in [1.165, 1.54) is 11.1 Å². The maximum Gasteiger partial charge on any atom is -0.0187 e. The van der Waals surface area contributed by atoms with Gasteiger partial charge in [0.2, 0.25) is 0 Å². The maximum absolute atomic E-state index is 2.25. The van der Waals surface area contributed by atoms with E-state index in [0.29, 0.717) is 0 Å². The van der Waals surface area contributed by atoms with E-state index < -0.39 is 0 Å². The lowest BCUT2D eigenvalue weighted by Crippen LogP contribution is -1.79. The van der Waals surface area contributed by atoms with Gasteiger partial charge in [0.15, 0.2) is 0 Å². The quantitative estimate of drug-likeness (QED) is 0.603. The molecule has 0 aliphatic heterocycles. The SMILES string of the molecule is CC=CC(=CCC)c1ccccc1. The molecular formula is C13H16. The Morgan fingerprint density at radius 1 is 1.23 bits per heavy atom. The van der Waals surface area contributed by atoms with Crippen LogP contribution in [0.1, 0.15) is 25.8 Å². The summed E-state index contributed by atoms with van der Waals surface area (Å²) >= 11 is 0. The molecule has 0 aliphatic rings. The van der Waals surface area contributed by atoms with E-state index in [9.17, 15) is 0 Å². The van der Waals surface area contributed by atoms with Gasteiger partial charge in [-0.1, -0.05) is 55.5 Å². The van der Waals surface area contributed by atoms with E-state index in [-0.39, 0.29) is 0 Å². The molecule has 1 aromatic carbocycles. The number of benzene rings is 1. The average molecular weight is 172 g/mol. The summed E-state index contributed by atoms with van der Waals surface area (Å²) in [5.41, 5.74) is 2.60. The van der Waals surface area contributed by atoms with E-state index in [1.807, 2.05) is 13.0 Å². The minimum atomic E-state index is 1.08. The Kier molecular flexibility index (Phi) is 4.04. The largest absolute Gasteiger partial charge is 0.0871 e. The van der Waals surface area contributed by atoms with Gasteiger partial charge in [0.1, 0.15) is 0 Å². The molecule has 0 spiro atoms. The van der Waals surface area contributed by atoms with Crippen molar-refractivity contribution in [2.75, 3.05) is 0 Å². The lowest BCUT2D eigenvalue weighted by molar-refractivity contribution is 1.23. The van der Waals surface area contributed by atoms with Crippen molar-refractivity contribution >= 4 is 5.57 Å². The second-order valence-corrected chi connectivity index (χ2v) is 2.93. The Balaban J connectivity index is 2.96. The minimum Gasteiger partial charge on any atom is -0.0871 e. The van der Waals surface area contributed by atoms with Gasteiger partial charge >= 0.3 is 0 Å². The first kappa shape index (κ1) is 9.79. The van der Waals surface area contributed by atoms with Crippen LogP contribution in [0.15, 0.2) is 48.6 Å². The van der Waals surface area contributed by atoms with Crippen molar-refractivity contribution in [1.29, 1.82) is 0 Å². The van der Waals surface area contributed by atoms with Crippen molar-refractivity contribution in [3.63, 3.8) is 0 Å². The van der Waals surface area contributed by atoms with Crippen LogP contribution in [0.3, 0.4) is 0 Å². The molecule has 1 rings (SSSR count). The summed E-state index contributed by atoms with van der Waals surface area (Å²) in [5, 5.41) is 0. The second kappa shape index (κ2) is 5.36. The lowest BCUT2D eigenvalue weighted by Gasteiger charge is -2.00. The van der Waals surface area contributed by atoms with Crippen molar-refractivity contribution in [2.45, 2.75) is 20.3 Å². The topological polar surface area (TPSA) is 0 Å². The normalized spacial score (nSPS) is 12.3. The summed E-state index contributed by atoms with van der Waals surface area (Å²) in [5.74, 6) is 0. The van der Waals surface area contributed by atoms with E-state index >= 15 is 0 Å². The molecule has 0 N–H and O–H groups in total. The van der Waals surface area contributed by atoms with Crippen molar-refractivity contribution < 1.29 is 0 Å². The third-order valence-electron chi connectivity index (χ3n) is 1.88. The molecule has 0 fully saturated rings. The first-order valence-electron chi connectivity index (χ1n) is 4.76. The molecule has 0 saturated carbocycles. The summed E-state index contributed by atoms with van der Waals surface area (Å²) < 4.78 is 0. The Morgan fingerprint density at radius 3 is 2.46 bits per heavy atom. The molecule has 0 radical (unpaired) electrons. The van der Waals surface area contributed by atoms with Gasteiger partial charge in [-0.15, -0.1) is 0 Å². The standard InChI is InChI=1S/C13H16/c1-3-8-12(9-4-2)13-10-6-5-7-11-13/h3,5-11H,4H2,1-2H3. The molecular weight excluding hydrogens is 156 g/mol. The van der Waals surface area contributed by atoms with Crippen LogP contribution in [0.25, 0.3) is 5.57 Å². The highest BCUT2D eigenvalue weighted by Gasteiger charge is 1.93. The first-order chi connectivity index (χ1) is 6.38. The van der Waals surface area contributed by atoms with Gasteiger partial charge in [0, 0.05) is 0 Å². The van der Waals surface area contributed by atoms with Crippen LogP contribution in [-0.2, 0) is 0 Å². The number of rotatable bonds is 3. The third kappa shape index (κ3) is 2.90. The minimum absolute atomic E-state index is 1.08. The van der Waals surface area contributed by atoms with Gasteiger partial charge in [-0.25, -0.2) is 0 Å². The fourth-order valence-electron chi connectivity index (χ4n) is 1.31. The van der Waals surface area contributed by atoms with Gasteiger partial charge in [0.25, 0.3) is 0 Å². The smallest absolute Gasteiger partial charge is 0.0187 e. The third-order valence-corrected chi connectivity index (χ3v) is 1.88. The fourth-order valence-corrected chi connectivity index (χ4v) is 1.31. The zero-order chi connectivity index (χ0) is 9.52. The molecule has 0 amide bonds. The van der Waals surface area contributed by atoms with Gasteiger partial charge in [-0.05, 0) is 24.5 Å². The monoisotopic (exact) mass is 172 g/mol. The number of allylic oxidation sites excluding steroid dienone is 4. The van der Waals surface area contributed by atoms with Gasteiger partial charge in [-0.3, -0.25) is 0 Å². The highest BCUT2D eigenvalue weighted by molar-refractivity contribution is 5.73. The van der Waals surface area contributed by atoms with Crippen LogP contribution in [0, 0.1) is 0 Å². The van der Waals surface area contributed by atoms with Crippen molar-refractivity contribution in [1.82, 2.24) is 0 Å². The Hall–Kier alpha value is -1.30. The molecule has 0 bridgehead atoms. The summed E-state index contributed by atoms with van der Waals surface area (Å²) in [6.07, 6.45) is 7.55. The zero-order valence-electron chi connectivity index (χ0n) is 8.33. The van der Waals surface area contributed by atoms with Crippen molar-refractivity contribution in [3.05, 3.63) is 54.1 Å². The van der Waals surface area contributed by atoms with Gasteiger partial charge in [-0.2, -0.15) is 0 Å². The van der Waals surface area contributed by atoms with Gasteiger partial charge in [0.05, 0.1) is 0 Å². The molecule has 0 atom stereocenters. The second-order valence-electron chi connectivity index (χ2n) is 2.93. The van der Waals surface area contributed by atoms with Crippen LogP contribution >= 0.6 is 0 Å². The van der Waals surface area contributed by atoms with E-state index in [2.05, 4.69) is 49.4 Å². The molecule has 1 aromatic rings. The number of hydrogen-bond donors (Lipinski definition) is 0.